The van der Waals surface area contributed by atoms with Crippen LogP contribution in [-0.4, -0.2) is 17.6 Å². The van der Waals surface area contributed by atoms with Crippen LogP contribution in [0, 0.1) is 12.7 Å². The van der Waals surface area contributed by atoms with Crippen LogP contribution in [0.2, 0.25) is 5.02 Å². The van der Waals surface area contributed by atoms with E-state index < -0.39 is 5.66 Å². The number of anilines is 1. The molecule has 2 aliphatic rings. The molecule has 1 saturated carbocycles. The van der Waals surface area contributed by atoms with Crippen LogP contribution in [-0.2, 0) is 0 Å². The molecule has 118 valence electrons. The molecule has 1 aliphatic carbocycles. The molecule has 0 amide bonds. The molecule has 3 rings (SSSR count). The number of guanidine groups is 2. The average molecular weight is 324 g/mol. The van der Waals surface area contributed by atoms with Gasteiger partial charge in [-0.1, -0.05) is 18.0 Å². The summed E-state index contributed by atoms with van der Waals surface area (Å²) in [5.74, 6) is 0.0925. The van der Waals surface area contributed by atoms with E-state index in [1.165, 1.54) is 6.07 Å². The van der Waals surface area contributed by atoms with Crippen LogP contribution < -0.4 is 16.4 Å². The maximum atomic E-state index is 13.7. The van der Waals surface area contributed by atoms with Gasteiger partial charge in [0.1, 0.15) is 11.5 Å². The summed E-state index contributed by atoms with van der Waals surface area (Å²) in [4.78, 5) is 10.5. The Labute approximate surface area is 133 Å². The molecule has 1 aliphatic heterocycles. The number of rotatable bonds is 1. The standard InChI is InChI=1S/C15H19ClFN5/c1-9-10(17)5-6-11(12(9)16)22-14(19)20-13(18)21-15(22)7-3-2-4-8-15/h5-6H,2-4,7-8H2,1H3,(H4,18,19,20,21). The van der Waals surface area contributed by atoms with E-state index >= 15 is 0 Å². The highest BCUT2D eigenvalue weighted by Gasteiger charge is 2.43. The molecular formula is C15H19ClFN5. The van der Waals surface area contributed by atoms with Crippen molar-refractivity contribution in [1.29, 1.82) is 0 Å². The number of hydrogen-bond donors (Lipinski definition) is 2. The zero-order valence-electron chi connectivity index (χ0n) is 12.4. The number of nitrogens with two attached hydrogens (primary N) is 2. The molecule has 4 N–H and O–H groups in total. The van der Waals surface area contributed by atoms with Crippen molar-refractivity contribution in [3.8, 4) is 0 Å². The molecular weight excluding hydrogens is 305 g/mol. The second-order valence-corrected chi connectivity index (χ2v) is 6.20. The van der Waals surface area contributed by atoms with Gasteiger partial charge in [0, 0.05) is 5.56 Å². The summed E-state index contributed by atoms with van der Waals surface area (Å²) in [5, 5.41) is 0.332. The molecule has 0 atom stereocenters. The van der Waals surface area contributed by atoms with Crippen molar-refractivity contribution in [2.45, 2.75) is 44.7 Å². The topological polar surface area (TPSA) is 80.0 Å². The summed E-state index contributed by atoms with van der Waals surface area (Å²) in [6.45, 7) is 1.64. The molecule has 0 bridgehead atoms. The number of nitrogens with zero attached hydrogens (tertiary/aromatic N) is 3. The van der Waals surface area contributed by atoms with E-state index in [2.05, 4.69) is 9.98 Å². The first-order valence-electron chi connectivity index (χ1n) is 7.39. The van der Waals surface area contributed by atoms with Gasteiger partial charge in [0.25, 0.3) is 0 Å². The highest BCUT2D eigenvalue weighted by atomic mass is 35.5. The van der Waals surface area contributed by atoms with Crippen LogP contribution in [0.1, 0.15) is 37.7 Å². The van der Waals surface area contributed by atoms with E-state index in [1.807, 2.05) is 4.90 Å². The number of benzene rings is 1. The van der Waals surface area contributed by atoms with Gasteiger partial charge < -0.3 is 11.5 Å². The molecule has 0 saturated heterocycles. The third kappa shape index (κ3) is 2.31. The SMILES string of the molecule is Cc1c(F)ccc(N2C(N)=NC(N)=NC23CCCCC3)c1Cl. The first kappa shape index (κ1) is 15.1. The number of aliphatic imine (C=N–C) groups is 2. The lowest BCUT2D eigenvalue weighted by atomic mass is 9.87. The Kier molecular flexibility index (Phi) is 3.72. The van der Waals surface area contributed by atoms with Gasteiger partial charge in [-0.05, 0) is 44.7 Å². The minimum Gasteiger partial charge on any atom is -0.369 e. The van der Waals surface area contributed by atoms with Gasteiger partial charge in [0.2, 0.25) is 11.9 Å². The highest BCUT2D eigenvalue weighted by Crippen LogP contribution is 2.42. The lowest BCUT2D eigenvalue weighted by Crippen LogP contribution is -2.58. The van der Waals surface area contributed by atoms with Gasteiger partial charge in [-0.2, -0.15) is 4.99 Å². The number of halogens is 2. The zero-order valence-corrected chi connectivity index (χ0v) is 13.2. The molecule has 1 aromatic rings. The van der Waals surface area contributed by atoms with Gasteiger partial charge >= 0.3 is 0 Å². The van der Waals surface area contributed by atoms with Crippen molar-refractivity contribution < 1.29 is 4.39 Å². The molecule has 0 unspecified atom stereocenters. The van der Waals surface area contributed by atoms with Crippen LogP contribution in [0.15, 0.2) is 22.1 Å². The maximum absolute atomic E-state index is 13.7. The van der Waals surface area contributed by atoms with Gasteiger partial charge in [-0.25, -0.2) is 9.38 Å². The fraction of sp³-hybridized carbons (Fsp3) is 0.467. The Morgan fingerprint density at radius 3 is 2.59 bits per heavy atom. The Morgan fingerprint density at radius 1 is 1.23 bits per heavy atom. The molecule has 1 spiro atoms. The van der Waals surface area contributed by atoms with Crippen molar-refractivity contribution in [3.63, 3.8) is 0 Å². The summed E-state index contributed by atoms with van der Waals surface area (Å²) >= 11 is 6.36. The lowest BCUT2D eigenvalue weighted by molar-refractivity contribution is 0.305. The zero-order chi connectivity index (χ0) is 15.9. The minimum atomic E-state index is -0.567. The van der Waals surface area contributed by atoms with Crippen molar-refractivity contribution >= 4 is 29.2 Å². The van der Waals surface area contributed by atoms with Crippen LogP contribution in [0.3, 0.4) is 0 Å². The van der Waals surface area contributed by atoms with Crippen LogP contribution in [0.25, 0.3) is 0 Å². The molecule has 0 aromatic heterocycles. The predicted octanol–water partition coefficient (Wildman–Crippen LogP) is 2.90. The third-order valence-corrected chi connectivity index (χ3v) is 4.87. The number of hydrogen-bond acceptors (Lipinski definition) is 5. The Bertz CT molecular complexity index is 664. The van der Waals surface area contributed by atoms with Gasteiger partial charge in [-0.15, -0.1) is 0 Å². The third-order valence-electron chi connectivity index (χ3n) is 4.39. The quantitative estimate of drug-likeness (QED) is 0.834. The van der Waals surface area contributed by atoms with E-state index in [1.54, 1.807) is 13.0 Å². The van der Waals surface area contributed by atoms with E-state index in [9.17, 15) is 4.39 Å². The fourth-order valence-electron chi connectivity index (χ4n) is 3.29. The Hall–Kier alpha value is -1.82. The lowest BCUT2D eigenvalue weighted by Gasteiger charge is -2.46. The maximum Gasteiger partial charge on any atom is 0.220 e. The first-order valence-corrected chi connectivity index (χ1v) is 7.77. The summed E-state index contributed by atoms with van der Waals surface area (Å²) < 4.78 is 13.7. The largest absolute Gasteiger partial charge is 0.369 e. The molecule has 7 heteroatoms. The van der Waals surface area contributed by atoms with Crippen molar-refractivity contribution in [2.24, 2.45) is 21.5 Å². The Balaban J connectivity index is 2.14. The van der Waals surface area contributed by atoms with Crippen LogP contribution >= 0.6 is 11.6 Å². The van der Waals surface area contributed by atoms with E-state index in [-0.39, 0.29) is 17.7 Å². The fourth-order valence-corrected chi connectivity index (χ4v) is 3.53. The second kappa shape index (κ2) is 5.43. The highest BCUT2D eigenvalue weighted by molar-refractivity contribution is 6.34. The molecule has 22 heavy (non-hydrogen) atoms. The molecule has 1 aromatic carbocycles. The summed E-state index contributed by atoms with van der Waals surface area (Å²) in [5.41, 5.74) is 12.4. The molecule has 5 nitrogen and oxygen atoms in total. The monoisotopic (exact) mass is 323 g/mol. The predicted molar refractivity (Wildman–Crippen MR) is 87.7 cm³/mol. The van der Waals surface area contributed by atoms with Crippen LogP contribution in [0.5, 0.6) is 0 Å². The normalized spacial score (nSPS) is 20.8. The Morgan fingerprint density at radius 2 is 1.91 bits per heavy atom. The minimum absolute atomic E-state index is 0.186. The first-order chi connectivity index (χ1) is 10.4. The van der Waals surface area contributed by atoms with Crippen molar-refractivity contribution in [1.82, 2.24) is 0 Å². The second-order valence-electron chi connectivity index (χ2n) is 5.82. The van der Waals surface area contributed by atoms with Crippen molar-refractivity contribution in [2.75, 3.05) is 4.90 Å². The molecule has 0 radical (unpaired) electrons. The van der Waals surface area contributed by atoms with Gasteiger partial charge in [0.05, 0.1) is 10.7 Å². The van der Waals surface area contributed by atoms with Gasteiger partial charge in [-0.3, -0.25) is 4.90 Å². The molecule has 1 heterocycles. The van der Waals surface area contributed by atoms with E-state index in [0.717, 1.165) is 32.1 Å². The van der Waals surface area contributed by atoms with Gasteiger partial charge in [0.15, 0.2) is 0 Å². The van der Waals surface area contributed by atoms with E-state index in [0.29, 0.717) is 16.3 Å². The smallest absolute Gasteiger partial charge is 0.220 e. The summed E-state index contributed by atoms with van der Waals surface area (Å²) in [6.07, 6.45) is 4.84. The summed E-state index contributed by atoms with van der Waals surface area (Å²) in [7, 11) is 0. The average Bonchev–Trinajstić information content (AvgIpc) is 2.47. The van der Waals surface area contributed by atoms with Crippen molar-refractivity contribution in [3.05, 3.63) is 28.5 Å². The molecule has 1 fully saturated rings. The summed E-state index contributed by atoms with van der Waals surface area (Å²) in [6, 6.07) is 3.02. The van der Waals surface area contributed by atoms with E-state index in [4.69, 9.17) is 23.1 Å². The van der Waals surface area contributed by atoms with Crippen LogP contribution in [0.4, 0.5) is 10.1 Å².